The van der Waals surface area contributed by atoms with Gasteiger partial charge in [0.25, 0.3) is 0 Å². The highest BCUT2D eigenvalue weighted by Gasteiger charge is 2.36. The third-order valence-corrected chi connectivity index (χ3v) is 6.89. The van der Waals surface area contributed by atoms with Gasteiger partial charge in [-0.15, -0.1) is 0 Å². The van der Waals surface area contributed by atoms with Crippen LogP contribution in [0, 0.1) is 16.7 Å². The van der Waals surface area contributed by atoms with Gasteiger partial charge in [-0.3, -0.25) is 0 Å². The monoisotopic (exact) mass is 367 g/mol. The Morgan fingerprint density at radius 2 is 1.19 bits per heavy atom. The summed E-state index contributed by atoms with van der Waals surface area (Å²) in [5.74, 6) is 0.833. The molecule has 1 saturated carbocycles. The van der Waals surface area contributed by atoms with Gasteiger partial charge in [-0.25, -0.2) is 0 Å². The van der Waals surface area contributed by atoms with Crippen LogP contribution >= 0.6 is 0 Å². The summed E-state index contributed by atoms with van der Waals surface area (Å²) in [5.41, 5.74) is 1.44. The molecule has 0 N–H and O–H groups in total. The molecule has 158 valence electrons. The molecule has 0 radical (unpaired) electrons. The molecular formula is C25H53N. The molecule has 2 aliphatic rings. The maximum Gasteiger partial charge on any atom is 0.00411 e. The van der Waals surface area contributed by atoms with Crippen LogP contribution in [0.2, 0.25) is 0 Å². The van der Waals surface area contributed by atoms with E-state index in [1.807, 2.05) is 0 Å². The number of likely N-dealkylation sites (tertiary alicyclic amines) is 1. The van der Waals surface area contributed by atoms with E-state index in [0.29, 0.717) is 5.41 Å². The largest absolute Gasteiger partial charge is 0.300 e. The molecule has 1 atom stereocenters. The molecule has 1 heteroatoms. The van der Waals surface area contributed by atoms with Gasteiger partial charge in [0.15, 0.2) is 0 Å². The first-order valence-corrected chi connectivity index (χ1v) is 11.9. The van der Waals surface area contributed by atoms with Gasteiger partial charge in [-0.1, -0.05) is 80.6 Å². The van der Waals surface area contributed by atoms with Crippen LogP contribution in [0.5, 0.6) is 0 Å². The van der Waals surface area contributed by atoms with Crippen molar-refractivity contribution >= 4 is 0 Å². The second-order valence-electron chi connectivity index (χ2n) is 10.1. The molecule has 2 rings (SSSR count). The molecule has 0 bridgehead atoms. The summed E-state index contributed by atoms with van der Waals surface area (Å²) in [6.45, 7) is 23.2. The van der Waals surface area contributed by atoms with E-state index in [4.69, 9.17) is 0 Å². The first-order chi connectivity index (χ1) is 12.2. The molecule has 0 amide bonds. The molecule has 1 heterocycles. The number of hydrogen-bond donors (Lipinski definition) is 0. The van der Waals surface area contributed by atoms with E-state index < -0.39 is 0 Å². The highest BCUT2D eigenvalue weighted by atomic mass is 15.2. The summed E-state index contributed by atoms with van der Waals surface area (Å²) in [6, 6.07) is 0.741. The second-order valence-corrected chi connectivity index (χ2v) is 10.1. The SMILES string of the molecule is CC(C)C.CCC1(CC)CCCC1.CCCC1(CC)CCN(C(C)C)C1. The van der Waals surface area contributed by atoms with Crippen molar-refractivity contribution in [2.75, 3.05) is 13.1 Å². The van der Waals surface area contributed by atoms with Crippen LogP contribution < -0.4 is 0 Å². The van der Waals surface area contributed by atoms with E-state index in [9.17, 15) is 0 Å². The van der Waals surface area contributed by atoms with Crippen molar-refractivity contribution in [3.63, 3.8) is 0 Å². The lowest BCUT2D eigenvalue weighted by atomic mass is 9.80. The van der Waals surface area contributed by atoms with Crippen molar-refractivity contribution in [1.82, 2.24) is 4.90 Å². The Hall–Kier alpha value is -0.0400. The summed E-state index contributed by atoms with van der Waals surface area (Å²) in [7, 11) is 0. The lowest BCUT2D eigenvalue weighted by molar-refractivity contribution is 0.205. The summed E-state index contributed by atoms with van der Waals surface area (Å²) in [5, 5.41) is 0. The van der Waals surface area contributed by atoms with Crippen LogP contribution in [0.1, 0.15) is 127 Å². The van der Waals surface area contributed by atoms with Gasteiger partial charge in [-0.05, 0) is 69.2 Å². The molecule has 0 spiro atoms. The Morgan fingerprint density at radius 3 is 1.46 bits per heavy atom. The first kappa shape index (κ1) is 26.0. The molecule has 1 saturated heterocycles. The molecule has 1 unspecified atom stereocenters. The van der Waals surface area contributed by atoms with Crippen LogP contribution in [-0.2, 0) is 0 Å². The van der Waals surface area contributed by atoms with Gasteiger partial charge < -0.3 is 4.90 Å². The maximum absolute atomic E-state index is 2.64. The van der Waals surface area contributed by atoms with Gasteiger partial charge in [-0.2, -0.15) is 0 Å². The Balaban J connectivity index is 0.000000416. The highest BCUT2D eigenvalue weighted by molar-refractivity contribution is 4.89. The molecule has 0 aromatic carbocycles. The van der Waals surface area contributed by atoms with Crippen molar-refractivity contribution < 1.29 is 0 Å². The predicted octanol–water partition coefficient (Wildman–Crippen LogP) is 8.33. The molecular weight excluding hydrogens is 314 g/mol. The van der Waals surface area contributed by atoms with E-state index >= 15 is 0 Å². The molecule has 0 aromatic heterocycles. The van der Waals surface area contributed by atoms with E-state index in [2.05, 4.69) is 67.2 Å². The van der Waals surface area contributed by atoms with Crippen LogP contribution in [0.3, 0.4) is 0 Å². The van der Waals surface area contributed by atoms with Crippen LogP contribution in [0.25, 0.3) is 0 Å². The van der Waals surface area contributed by atoms with Crippen LogP contribution in [0.4, 0.5) is 0 Å². The van der Waals surface area contributed by atoms with Crippen molar-refractivity contribution in [1.29, 1.82) is 0 Å². The van der Waals surface area contributed by atoms with Crippen molar-refractivity contribution in [2.24, 2.45) is 16.7 Å². The minimum atomic E-state index is 0.666. The number of hydrogen-bond acceptors (Lipinski definition) is 1. The fourth-order valence-electron chi connectivity index (χ4n) is 4.69. The Labute approximate surface area is 167 Å². The average Bonchev–Trinajstić information content (AvgIpc) is 3.23. The summed E-state index contributed by atoms with van der Waals surface area (Å²) in [6.07, 6.45) is 14.3. The quantitative estimate of drug-likeness (QED) is 0.456. The lowest BCUT2D eigenvalue weighted by Gasteiger charge is -2.29. The van der Waals surface area contributed by atoms with Crippen molar-refractivity contribution in [3.05, 3.63) is 0 Å². The normalized spacial score (nSPS) is 25.0. The van der Waals surface area contributed by atoms with Gasteiger partial charge >= 0.3 is 0 Å². The summed E-state index contributed by atoms with van der Waals surface area (Å²) < 4.78 is 0. The van der Waals surface area contributed by atoms with Crippen molar-refractivity contribution in [2.45, 2.75) is 133 Å². The van der Waals surface area contributed by atoms with Crippen LogP contribution in [0.15, 0.2) is 0 Å². The minimum absolute atomic E-state index is 0.666. The minimum Gasteiger partial charge on any atom is -0.300 e. The third-order valence-electron chi connectivity index (χ3n) is 6.89. The smallest absolute Gasteiger partial charge is 0.00411 e. The fourth-order valence-corrected chi connectivity index (χ4v) is 4.69. The van der Waals surface area contributed by atoms with E-state index in [0.717, 1.165) is 17.4 Å². The second kappa shape index (κ2) is 13.2. The Morgan fingerprint density at radius 1 is 0.731 bits per heavy atom. The molecule has 0 aromatic rings. The summed E-state index contributed by atoms with van der Waals surface area (Å²) >= 11 is 0. The van der Waals surface area contributed by atoms with Gasteiger partial charge in [0.05, 0.1) is 0 Å². The lowest BCUT2D eigenvalue weighted by Crippen LogP contribution is -2.31. The number of nitrogens with zero attached hydrogens (tertiary/aromatic N) is 1. The van der Waals surface area contributed by atoms with Crippen molar-refractivity contribution in [3.8, 4) is 0 Å². The zero-order valence-corrected chi connectivity index (χ0v) is 20.1. The Kier molecular flexibility index (Phi) is 13.2. The van der Waals surface area contributed by atoms with Gasteiger partial charge in [0.1, 0.15) is 0 Å². The zero-order chi connectivity index (χ0) is 20.2. The average molecular weight is 368 g/mol. The third kappa shape index (κ3) is 9.25. The molecule has 1 aliphatic heterocycles. The molecule has 1 nitrogen and oxygen atoms in total. The van der Waals surface area contributed by atoms with Gasteiger partial charge in [0.2, 0.25) is 0 Å². The fraction of sp³-hybridized carbons (Fsp3) is 1.00. The van der Waals surface area contributed by atoms with E-state index in [1.54, 1.807) is 0 Å². The summed E-state index contributed by atoms with van der Waals surface area (Å²) in [4.78, 5) is 2.64. The Bertz CT molecular complexity index is 318. The van der Waals surface area contributed by atoms with Gasteiger partial charge in [0, 0.05) is 12.6 Å². The highest BCUT2D eigenvalue weighted by Crippen LogP contribution is 2.43. The predicted molar refractivity (Wildman–Crippen MR) is 121 cm³/mol. The molecule has 26 heavy (non-hydrogen) atoms. The topological polar surface area (TPSA) is 3.24 Å². The maximum atomic E-state index is 2.64. The van der Waals surface area contributed by atoms with E-state index in [1.165, 1.54) is 77.3 Å². The van der Waals surface area contributed by atoms with E-state index in [-0.39, 0.29) is 0 Å². The first-order valence-electron chi connectivity index (χ1n) is 11.9. The zero-order valence-electron chi connectivity index (χ0n) is 20.1. The number of rotatable bonds is 6. The molecule has 1 aliphatic carbocycles. The van der Waals surface area contributed by atoms with Crippen LogP contribution in [-0.4, -0.2) is 24.0 Å². The molecule has 2 fully saturated rings. The standard InChI is InChI=1S/C12H25N.C9H18.C4H10/c1-5-7-12(6-2)8-9-13(10-12)11(3)4;1-3-9(4-2)7-5-6-8-9;1-4(2)3/h11H,5-10H2,1-4H3;3-8H2,1-2H3;4H,1-3H3.